The molecule has 0 heterocycles. The smallest absolute Gasteiger partial charge is 0.261 e. The number of hydrogen-bond acceptors (Lipinski definition) is 3. The summed E-state index contributed by atoms with van der Waals surface area (Å²) in [6.45, 7) is 1.70. The van der Waals surface area contributed by atoms with Crippen LogP contribution in [-0.4, -0.2) is 36.4 Å². The Balaban J connectivity index is 1.88. The summed E-state index contributed by atoms with van der Waals surface area (Å²) >= 11 is 3.48. The Labute approximate surface area is 208 Å². The van der Waals surface area contributed by atoms with Gasteiger partial charge in [0.25, 0.3) is 5.91 Å². The van der Waals surface area contributed by atoms with Gasteiger partial charge in [-0.3, -0.25) is 9.59 Å². The first-order valence-electron chi connectivity index (χ1n) is 11.1. The maximum absolute atomic E-state index is 14.5. The quantitative estimate of drug-likeness (QED) is 0.408. The zero-order chi connectivity index (χ0) is 24.5. The lowest BCUT2D eigenvalue weighted by molar-refractivity contribution is -0.142. The second-order valence-electron chi connectivity index (χ2n) is 7.84. The summed E-state index contributed by atoms with van der Waals surface area (Å²) in [4.78, 5) is 27.7. The van der Waals surface area contributed by atoms with E-state index in [1.807, 2.05) is 42.5 Å². The fourth-order valence-electron chi connectivity index (χ4n) is 3.63. The van der Waals surface area contributed by atoms with E-state index in [1.165, 1.54) is 18.0 Å². The molecular formula is C27H28BrFN2O3. The maximum Gasteiger partial charge on any atom is 0.261 e. The van der Waals surface area contributed by atoms with Crippen molar-refractivity contribution >= 4 is 27.7 Å². The van der Waals surface area contributed by atoms with E-state index in [4.69, 9.17) is 4.74 Å². The molecule has 3 aromatic carbocycles. The van der Waals surface area contributed by atoms with Crippen molar-refractivity contribution < 1.29 is 18.7 Å². The highest BCUT2D eigenvalue weighted by Gasteiger charge is 2.30. The molecule has 1 atom stereocenters. The van der Waals surface area contributed by atoms with Crippen LogP contribution in [0.3, 0.4) is 0 Å². The average Bonchev–Trinajstić information content (AvgIpc) is 2.86. The van der Waals surface area contributed by atoms with Crippen LogP contribution in [0.25, 0.3) is 0 Å². The zero-order valence-corrected chi connectivity index (χ0v) is 20.8. The molecule has 0 unspecified atom stereocenters. The highest BCUT2D eigenvalue weighted by Crippen LogP contribution is 2.26. The molecule has 0 aliphatic rings. The van der Waals surface area contributed by atoms with Crippen molar-refractivity contribution in [2.45, 2.75) is 32.4 Å². The van der Waals surface area contributed by atoms with E-state index in [-0.39, 0.29) is 25.5 Å². The zero-order valence-electron chi connectivity index (χ0n) is 19.3. The van der Waals surface area contributed by atoms with Crippen molar-refractivity contribution in [3.05, 3.63) is 99.8 Å². The molecule has 178 valence electrons. The predicted molar refractivity (Wildman–Crippen MR) is 134 cm³/mol. The largest absolute Gasteiger partial charge is 0.483 e. The lowest BCUT2D eigenvalue weighted by Gasteiger charge is -2.31. The molecule has 34 heavy (non-hydrogen) atoms. The molecule has 3 aromatic rings. The van der Waals surface area contributed by atoms with Gasteiger partial charge in [-0.25, -0.2) is 4.39 Å². The van der Waals surface area contributed by atoms with Gasteiger partial charge in [-0.15, -0.1) is 0 Å². The Morgan fingerprint density at radius 3 is 2.38 bits per heavy atom. The van der Waals surface area contributed by atoms with Crippen LogP contribution in [0.4, 0.5) is 4.39 Å². The first-order chi connectivity index (χ1) is 16.4. The van der Waals surface area contributed by atoms with Crippen molar-refractivity contribution in [1.29, 1.82) is 0 Å². The SMILES string of the molecule is CCc1ccc(OCC(=O)N(Cc2ccccc2F)[C@H](Cc2ccccc2)C(=O)NC)c(Br)c1. The number of carbonyl (C=O) groups is 2. The molecular weight excluding hydrogens is 499 g/mol. The van der Waals surface area contributed by atoms with Gasteiger partial charge >= 0.3 is 0 Å². The van der Waals surface area contributed by atoms with E-state index >= 15 is 0 Å². The standard InChI is InChI=1S/C27H28BrFN2O3/c1-3-19-13-14-25(22(28)15-19)34-18-26(32)31(17-21-11-7-8-12-23(21)29)24(27(33)30-2)16-20-9-5-4-6-10-20/h4-15,24H,3,16-18H2,1-2H3,(H,30,33)/t24-/m1/s1. The Hall–Kier alpha value is -3.19. The summed E-state index contributed by atoms with van der Waals surface area (Å²) in [6.07, 6.45) is 1.16. The van der Waals surface area contributed by atoms with E-state index in [0.29, 0.717) is 11.3 Å². The molecule has 7 heteroatoms. The summed E-state index contributed by atoms with van der Waals surface area (Å²) in [7, 11) is 1.52. The van der Waals surface area contributed by atoms with Crippen LogP contribution in [0.5, 0.6) is 5.75 Å². The lowest BCUT2D eigenvalue weighted by Crippen LogP contribution is -2.51. The average molecular weight is 527 g/mol. The predicted octanol–water partition coefficient (Wildman–Crippen LogP) is 4.92. The Kier molecular flexibility index (Phi) is 9.22. The number of benzene rings is 3. The summed E-state index contributed by atoms with van der Waals surface area (Å²) in [6, 6.07) is 20.5. The van der Waals surface area contributed by atoms with Crippen molar-refractivity contribution in [3.63, 3.8) is 0 Å². The third-order valence-electron chi connectivity index (χ3n) is 5.57. The van der Waals surface area contributed by atoms with Crippen molar-refractivity contribution in [2.75, 3.05) is 13.7 Å². The molecule has 1 N–H and O–H groups in total. The summed E-state index contributed by atoms with van der Waals surface area (Å²) in [5.41, 5.74) is 2.35. The summed E-state index contributed by atoms with van der Waals surface area (Å²) in [5.74, 6) is -0.660. The Bertz CT molecular complexity index is 1120. The van der Waals surface area contributed by atoms with E-state index in [1.54, 1.807) is 24.3 Å². The minimum Gasteiger partial charge on any atom is -0.483 e. The molecule has 0 radical (unpaired) electrons. The molecule has 2 amide bonds. The first-order valence-corrected chi connectivity index (χ1v) is 11.9. The van der Waals surface area contributed by atoms with Crippen molar-refractivity contribution in [1.82, 2.24) is 10.2 Å². The number of nitrogens with zero attached hydrogens (tertiary/aromatic N) is 1. The summed E-state index contributed by atoms with van der Waals surface area (Å²) < 4.78 is 21.0. The van der Waals surface area contributed by atoms with Crippen LogP contribution in [-0.2, 0) is 29.0 Å². The molecule has 5 nitrogen and oxygen atoms in total. The van der Waals surface area contributed by atoms with E-state index < -0.39 is 17.8 Å². The van der Waals surface area contributed by atoms with E-state index in [2.05, 4.69) is 28.2 Å². The number of hydrogen-bond donors (Lipinski definition) is 1. The monoisotopic (exact) mass is 526 g/mol. The van der Waals surface area contributed by atoms with Crippen LogP contribution in [0, 0.1) is 5.82 Å². The van der Waals surface area contributed by atoms with Gasteiger partial charge in [0.15, 0.2) is 6.61 Å². The number of aryl methyl sites for hydroxylation is 1. The minimum atomic E-state index is -0.839. The number of likely N-dealkylation sites (N-methyl/N-ethyl adjacent to an activating group) is 1. The van der Waals surface area contributed by atoms with Crippen molar-refractivity contribution in [2.24, 2.45) is 0 Å². The van der Waals surface area contributed by atoms with Crippen molar-refractivity contribution in [3.8, 4) is 5.75 Å². The third-order valence-corrected chi connectivity index (χ3v) is 6.19. The lowest BCUT2D eigenvalue weighted by atomic mass is 10.0. The van der Waals surface area contributed by atoms with E-state index in [0.717, 1.165) is 22.0 Å². The fourth-order valence-corrected chi connectivity index (χ4v) is 4.18. The molecule has 0 spiro atoms. The Morgan fingerprint density at radius 1 is 1.03 bits per heavy atom. The number of amides is 2. The topological polar surface area (TPSA) is 58.6 Å². The van der Waals surface area contributed by atoms with Gasteiger partial charge in [0.05, 0.1) is 4.47 Å². The van der Waals surface area contributed by atoms with Gasteiger partial charge in [0, 0.05) is 25.6 Å². The second-order valence-corrected chi connectivity index (χ2v) is 8.69. The van der Waals surface area contributed by atoms with Crippen LogP contribution in [0.15, 0.2) is 77.3 Å². The van der Waals surface area contributed by atoms with Crippen LogP contribution >= 0.6 is 15.9 Å². The molecule has 0 saturated heterocycles. The first kappa shape index (κ1) is 25.4. The molecule has 0 saturated carbocycles. The van der Waals surface area contributed by atoms with Gasteiger partial charge in [-0.05, 0) is 51.7 Å². The fraction of sp³-hybridized carbons (Fsp3) is 0.259. The normalized spacial score (nSPS) is 11.5. The second kappa shape index (κ2) is 12.3. The van der Waals surface area contributed by atoms with Gasteiger partial charge in [-0.2, -0.15) is 0 Å². The molecule has 0 aliphatic carbocycles. The number of ether oxygens (including phenoxy) is 1. The van der Waals surface area contributed by atoms with Crippen LogP contribution < -0.4 is 10.1 Å². The number of halogens is 2. The highest BCUT2D eigenvalue weighted by atomic mass is 79.9. The molecule has 3 rings (SSSR count). The molecule has 0 aromatic heterocycles. The van der Waals surface area contributed by atoms with E-state index in [9.17, 15) is 14.0 Å². The number of nitrogens with one attached hydrogen (secondary N) is 1. The van der Waals surface area contributed by atoms with Gasteiger partial charge in [0.1, 0.15) is 17.6 Å². The minimum absolute atomic E-state index is 0.0598. The van der Waals surface area contributed by atoms with Crippen LogP contribution in [0.2, 0.25) is 0 Å². The Morgan fingerprint density at radius 2 is 1.74 bits per heavy atom. The van der Waals surface area contributed by atoms with Gasteiger partial charge in [-0.1, -0.05) is 61.5 Å². The molecule has 0 aliphatic heterocycles. The maximum atomic E-state index is 14.5. The van der Waals surface area contributed by atoms with Gasteiger partial charge < -0.3 is 15.0 Å². The van der Waals surface area contributed by atoms with Gasteiger partial charge in [0.2, 0.25) is 5.91 Å². The molecule has 0 fully saturated rings. The summed E-state index contributed by atoms with van der Waals surface area (Å²) in [5, 5.41) is 2.64. The van der Waals surface area contributed by atoms with Crippen LogP contribution in [0.1, 0.15) is 23.6 Å². The highest BCUT2D eigenvalue weighted by molar-refractivity contribution is 9.10. The third kappa shape index (κ3) is 6.67. The molecule has 0 bridgehead atoms. The number of rotatable bonds is 10. The number of carbonyl (C=O) groups excluding carboxylic acids is 2.